The smallest absolute Gasteiger partial charge is 0.126 e. The van der Waals surface area contributed by atoms with Crippen LogP contribution in [0.25, 0.3) is 10.8 Å². The van der Waals surface area contributed by atoms with Gasteiger partial charge in [-0.15, -0.1) is 0 Å². The molecule has 14 heavy (non-hydrogen) atoms. The highest BCUT2D eigenvalue weighted by Gasteiger charge is 2.12. The Labute approximate surface area is 85.0 Å². The number of hydrogen-bond acceptors (Lipinski definition) is 1. The van der Waals surface area contributed by atoms with Crippen molar-refractivity contribution in [2.45, 2.75) is 6.42 Å². The van der Waals surface area contributed by atoms with Gasteiger partial charge in [-0.25, -0.2) is 0 Å². The monoisotopic (exact) mass is 202 g/mol. The number of benzene rings is 2. The van der Waals surface area contributed by atoms with Crippen molar-refractivity contribution in [3.63, 3.8) is 0 Å². The van der Waals surface area contributed by atoms with Gasteiger partial charge in [0.05, 0.1) is 8.81 Å². The molecule has 70 valence electrons. The van der Waals surface area contributed by atoms with E-state index in [1.807, 2.05) is 0 Å². The fourth-order valence-corrected chi connectivity index (χ4v) is 2.78. The fourth-order valence-electron chi connectivity index (χ4n) is 1.97. The molecule has 0 saturated carbocycles. The van der Waals surface area contributed by atoms with Crippen LogP contribution in [0.3, 0.4) is 0 Å². The van der Waals surface area contributed by atoms with E-state index in [9.17, 15) is 0 Å². The molecule has 1 aliphatic heterocycles. The third-order valence-electron chi connectivity index (χ3n) is 2.66. The maximum atomic E-state index is 5.66. The van der Waals surface area contributed by atoms with Gasteiger partial charge in [-0.2, -0.15) is 0 Å². The Kier molecular flexibility index (Phi) is 1.92. The second kappa shape index (κ2) is 3.25. The molecule has 1 nitrogen and oxygen atoms in total. The van der Waals surface area contributed by atoms with Crippen molar-refractivity contribution in [1.29, 1.82) is 0 Å². The lowest BCUT2D eigenvalue weighted by Crippen LogP contribution is -2.00. The van der Waals surface area contributed by atoms with Gasteiger partial charge in [-0.1, -0.05) is 30.3 Å². The Morgan fingerprint density at radius 1 is 1.07 bits per heavy atom. The van der Waals surface area contributed by atoms with Crippen LogP contribution < -0.4 is 4.52 Å². The summed E-state index contributed by atoms with van der Waals surface area (Å²) in [5, 5.41) is 2.68. The van der Waals surface area contributed by atoms with Crippen LogP contribution in [0.5, 0.6) is 5.75 Å². The molecule has 0 aromatic heterocycles. The van der Waals surface area contributed by atoms with Crippen molar-refractivity contribution < 1.29 is 4.52 Å². The van der Waals surface area contributed by atoms with Gasteiger partial charge >= 0.3 is 0 Å². The van der Waals surface area contributed by atoms with Gasteiger partial charge in [0.2, 0.25) is 0 Å². The number of fused-ring (bicyclic) bond motifs is 3. The van der Waals surface area contributed by atoms with Crippen LogP contribution in [0.2, 0.25) is 0 Å². The zero-order chi connectivity index (χ0) is 9.38. The predicted molar refractivity (Wildman–Crippen MR) is 61.5 cm³/mol. The summed E-state index contributed by atoms with van der Waals surface area (Å²) in [6.07, 6.45) is 2.33. The van der Waals surface area contributed by atoms with Crippen molar-refractivity contribution in [3.05, 3.63) is 42.0 Å². The molecular weight excluding hydrogens is 191 g/mol. The lowest BCUT2D eigenvalue weighted by Gasteiger charge is -2.18. The summed E-state index contributed by atoms with van der Waals surface area (Å²) in [5.74, 6) is 1.09. The second-order valence-electron chi connectivity index (χ2n) is 3.51. The quantitative estimate of drug-likeness (QED) is 0.595. The van der Waals surface area contributed by atoms with E-state index in [1.165, 1.54) is 22.5 Å². The van der Waals surface area contributed by atoms with Crippen molar-refractivity contribution in [3.8, 4) is 5.75 Å². The van der Waals surface area contributed by atoms with Crippen LogP contribution in [0.4, 0.5) is 0 Å². The zero-order valence-corrected chi connectivity index (χ0v) is 8.79. The molecule has 0 amide bonds. The summed E-state index contributed by atoms with van der Waals surface area (Å²) < 4.78 is 5.66. The zero-order valence-electron chi connectivity index (χ0n) is 7.79. The molecule has 0 saturated heterocycles. The summed E-state index contributed by atoms with van der Waals surface area (Å²) in [4.78, 5) is 0. The number of hydrogen-bond donors (Lipinski definition) is 0. The minimum atomic E-state index is 0.640. The summed E-state index contributed by atoms with van der Waals surface area (Å²) in [6, 6.07) is 12.8. The molecule has 1 unspecified atom stereocenters. The summed E-state index contributed by atoms with van der Waals surface area (Å²) in [7, 11) is 0.640. The van der Waals surface area contributed by atoms with Crippen LogP contribution in [0.15, 0.2) is 36.4 Å². The first kappa shape index (κ1) is 8.26. The topological polar surface area (TPSA) is 9.23 Å². The van der Waals surface area contributed by atoms with Gasteiger partial charge in [0.25, 0.3) is 0 Å². The van der Waals surface area contributed by atoms with E-state index in [4.69, 9.17) is 4.52 Å². The molecule has 0 aliphatic carbocycles. The Balaban J connectivity index is 2.34. The molecule has 2 heteroatoms. The Bertz CT molecular complexity index is 479. The highest BCUT2D eigenvalue weighted by Crippen LogP contribution is 2.36. The van der Waals surface area contributed by atoms with E-state index in [1.54, 1.807) is 0 Å². The van der Waals surface area contributed by atoms with Crippen LogP contribution in [0.1, 0.15) is 5.56 Å². The van der Waals surface area contributed by atoms with Gasteiger partial charge in [0, 0.05) is 11.7 Å². The fraction of sp³-hybridized carbons (Fsp3) is 0.167. The highest BCUT2D eigenvalue weighted by molar-refractivity contribution is 7.32. The molecule has 1 heterocycles. The highest BCUT2D eigenvalue weighted by atomic mass is 31.1. The Hall–Kier alpha value is -1.07. The lowest BCUT2D eigenvalue weighted by molar-refractivity contribution is 0.607. The average molecular weight is 202 g/mol. The Morgan fingerprint density at radius 3 is 3.00 bits per heavy atom. The molecule has 1 aliphatic rings. The van der Waals surface area contributed by atoms with Crippen molar-refractivity contribution >= 4 is 19.6 Å². The molecule has 0 N–H and O–H groups in total. The Morgan fingerprint density at radius 2 is 2.00 bits per heavy atom. The molecule has 0 fully saturated rings. The first-order valence-electron chi connectivity index (χ1n) is 4.85. The van der Waals surface area contributed by atoms with Crippen molar-refractivity contribution in [1.82, 2.24) is 0 Å². The van der Waals surface area contributed by atoms with Crippen molar-refractivity contribution in [2.75, 3.05) is 6.16 Å². The largest absolute Gasteiger partial charge is 0.477 e. The predicted octanol–water partition coefficient (Wildman–Crippen LogP) is 3.37. The normalized spacial score (nSPS) is 16.6. The molecule has 3 rings (SSSR count). The molecule has 0 radical (unpaired) electrons. The van der Waals surface area contributed by atoms with Crippen LogP contribution in [-0.2, 0) is 6.42 Å². The van der Waals surface area contributed by atoms with E-state index in [2.05, 4.69) is 36.4 Å². The number of rotatable bonds is 0. The first-order valence-corrected chi connectivity index (χ1v) is 5.97. The average Bonchev–Trinajstić information content (AvgIpc) is 2.29. The number of aryl methyl sites for hydroxylation is 1. The maximum absolute atomic E-state index is 5.66. The van der Waals surface area contributed by atoms with E-state index >= 15 is 0 Å². The standard InChI is InChI=1S/C12H11OP/c1-2-4-10-9(3-1)5-6-12-11(10)7-8-14-13-12/h1-6,14H,7-8H2. The summed E-state index contributed by atoms with van der Waals surface area (Å²) >= 11 is 0. The maximum Gasteiger partial charge on any atom is 0.126 e. The van der Waals surface area contributed by atoms with E-state index < -0.39 is 0 Å². The SMILES string of the molecule is c1ccc2c3c(ccc2c1)OPCC3. The molecule has 1 atom stereocenters. The lowest BCUT2D eigenvalue weighted by atomic mass is 10.0. The van der Waals surface area contributed by atoms with Gasteiger partial charge in [-0.3, -0.25) is 0 Å². The van der Waals surface area contributed by atoms with E-state index in [-0.39, 0.29) is 0 Å². The van der Waals surface area contributed by atoms with E-state index in [0.717, 1.165) is 12.2 Å². The third-order valence-corrected chi connectivity index (χ3v) is 3.48. The van der Waals surface area contributed by atoms with Gasteiger partial charge in [-0.05, 0) is 23.3 Å². The molecule has 2 aromatic carbocycles. The van der Waals surface area contributed by atoms with Crippen molar-refractivity contribution in [2.24, 2.45) is 0 Å². The van der Waals surface area contributed by atoms with E-state index in [0.29, 0.717) is 8.81 Å². The molecule has 0 bridgehead atoms. The second-order valence-corrected chi connectivity index (χ2v) is 4.50. The molecular formula is C12H11OP. The van der Waals surface area contributed by atoms with Gasteiger partial charge in [0.15, 0.2) is 0 Å². The van der Waals surface area contributed by atoms with Gasteiger partial charge in [0.1, 0.15) is 5.75 Å². The molecule has 0 spiro atoms. The van der Waals surface area contributed by atoms with Crippen LogP contribution in [-0.4, -0.2) is 6.16 Å². The van der Waals surface area contributed by atoms with Crippen LogP contribution >= 0.6 is 8.81 Å². The van der Waals surface area contributed by atoms with Crippen LogP contribution in [0, 0.1) is 0 Å². The summed E-state index contributed by atoms with van der Waals surface area (Å²) in [5.41, 5.74) is 1.39. The molecule has 2 aromatic rings. The van der Waals surface area contributed by atoms with Gasteiger partial charge < -0.3 is 4.52 Å². The third kappa shape index (κ3) is 1.20. The minimum absolute atomic E-state index is 0.640. The first-order chi connectivity index (χ1) is 6.95. The minimum Gasteiger partial charge on any atom is -0.477 e. The summed E-state index contributed by atoms with van der Waals surface area (Å²) in [6.45, 7) is 0.